The van der Waals surface area contributed by atoms with Crippen molar-refractivity contribution < 1.29 is 18.3 Å². The molecular weight excluding hydrogens is 349 g/mol. The van der Waals surface area contributed by atoms with Gasteiger partial charge in [-0.3, -0.25) is 4.68 Å². The summed E-state index contributed by atoms with van der Waals surface area (Å²) in [4.78, 5) is 0.437. The van der Waals surface area contributed by atoms with Crippen LogP contribution >= 0.6 is 11.8 Å². The first-order valence-electron chi connectivity index (χ1n) is 7.47. The summed E-state index contributed by atoms with van der Waals surface area (Å²) in [5.41, 5.74) is 1.36. The van der Waals surface area contributed by atoms with Crippen LogP contribution in [0, 0.1) is 0 Å². The summed E-state index contributed by atoms with van der Waals surface area (Å²) < 4.78 is 40.3. The zero-order valence-corrected chi connectivity index (χ0v) is 14.1. The topological polar surface area (TPSA) is 38.0 Å². The van der Waals surface area contributed by atoms with Gasteiger partial charge in [-0.15, -0.1) is 0 Å². The molecule has 0 aliphatic carbocycles. The van der Waals surface area contributed by atoms with E-state index in [-0.39, 0.29) is 6.61 Å². The predicted molar refractivity (Wildman–Crippen MR) is 90.1 cm³/mol. The third-order valence-electron chi connectivity index (χ3n) is 3.67. The van der Waals surface area contributed by atoms with E-state index in [2.05, 4.69) is 5.10 Å². The third-order valence-corrected chi connectivity index (χ3v) is 4.86. The minimum absolute atomic E-state index is 0.251. The molecule has 0 atom stereocenters. The molecule has 25 heavy (non-hydrogen) atoms. The Balaban J connectivity index is 2.00. The number of nitrogens with zero attached hydrogens (tertiary/aromatic N) is 2. The molecule has 0 amide bonds. The molecule has 0 saturated carbocycles. The Morgan fingerprint density at radius 1 is 1.08 bits per heavy atom. The van der Waals surface area contributed by atoms with E-state index >= 15 is 0 Å². The quantitative estimate of drug-likeness (QED) is 0.726. The fraction of sp³-hybridized carbons (Fsp3) is 0.167. The number of hydrogen-bond acceptors (Lipinski definition) is 3. The van der Waals surface area contributed by atoms with Gasteiger partial charge in [0, 0.05) is 23.1 Å². The van der Waals surface area contributed by atoms with Crippen molar-refractivity contribution in [2.24, 2.45) is 7.05 Å². The van der Waals surface area contributed by atoms with E-state index in [9.17, 15) is 18.3 Å². The van der Waals surface area contributed by atoms with Gasteiger partial charge in [0.05, 0.1) is 17.9 Å². The molecule has 3 rings (SSSR count). The molecule has 2 aromatic carbocycles. The molecule has 0 unspecified atom stereocenters. The molecule has 130 valence electrons. The second-order valence-electron chi connectivity index (χ2n) is 5.41. The number of benzene rings is 2. The van der Waals surface area contributed by atoms with Crippen molar-refractivity contribution in [3.63, 3.8) is 0 Å². The maximum Gasteiger partial charge on any atom is 0.416 e. The molecule has 1 aromatic heterocycles. The number of aliphatic hydroxyl groups excluding tert-OH is 1. The number of halogens is 3. The predicted octanol–water partition coefficient (Wildman–Crippen LogP) is 4.75. The summed E-state index contributed by atoms with van der Waals surface area (Å²) in [6.07, 6.45) is -4.39. The van der Waals surface area contributed by atoms with Crippen LogP contribution in [0.1, 0.15) is 11.1 Å². The van der Waals surface area contributed by atoms with Crippen molar-refractivity contribution in [1.29, 1.82) is 0 Å². The highest BCUT2D eigenvalue weighted by Gasteiger charge is 2.30. The molecule has 1 heterocycles. The van der Waals surface area contributed by atoms with Gasteiger partial charge < -0.3 is 5.11 Å². The van der Waals surface area contributed by atoms with Crippen LogP contribution in [-0.4, -0.2) is 14.9 Å². The molecule has 0 radical (unpaired) electrons. The molecule has 0 spiro atoms. The van der Waals surface area contributed by atoms with Crippen LogP contribution in [0.4, 0.5) is 13.2 Å². The second kappa shape index (κ2) is 6.93. The Morgan fingerprint density at radius 3 is 2.44 bits per heavy atom. The van der Waals surface area contributed by atoms with Gasteiger partial charge in [0.15, 0.2) is 0 Å². The lowest BCUT2D eigenvalue weighted by Gasteiger charge is -2.09. The number of aryl methyl sites for hydroxylation is 1. The number of rotatable bonds is 4. The Labute approximate surface area is 147 Å². The van der Waals surface area contributed by atoms with Gasteiger partial charge in [-0.05, 0) is 18.2 Å². The summed E-state index contributed by atoms with van der Waals surface area (Å²) in [6, 6.07) is 14.5. The van der Waals surface area contributed by atoms with Gasteiger partial charge in [0.25, 0.3) is 0 Å². The number of aromatic nitrogens is 2. The third kappa shape index (κ3) is 3.72. The van der Waals surface area contributed by atoms with E-state index in [1.54, 1.807) is 17.8 Å². The van der Waals surface area contributed by atoms with E-state index in [0.717, 1.165) is 29.5 Å². The first-order chi connectivity index (χ1) is 11.9. The van der Waals surface area contributed by atoms with E-state index in [1.165, 1.54) is 6.07 Å². The van der Waals surface area contributed by atoms with Crippen LogP contribution < -0.4 is 0 Å². The van der Waals surface area contributed by atoms with Gasteiger partial charge in [-0.25, -0.2) is 0 Å². The molecule has 0 aliphatic rings. The Bertz CT molecular complexity index is 876. The maximum absolute atomic E-state index is 12.9. The van der Waals surface area contributed by atoms with E-state index in [1.807, 2.05) is 30.3 Å². The van der Waals surface area contributed by atoms with Crippen molar-refractivity contribution in [3.8, 4) is 11.3 Å². The SMILES string of the molecule is Cn1nc(-c2ccccc2)c(CO)c1Sc1cccc(C(F)(F)F)c1. The van der Waals surface area contributed by atoms with Crippen LogP contribution in [0.25, 0.3) is 11.3 Å². The largest absolute Gasteiger partial charge is 0.416 e. The number of aliphatic hydroxyl groups is 1. The van der Waals surface area contributed by atoms with E-state index < -0.39 is 11.7 Å². The van der Waals surface area contributed by atoms with Crippen molar-refractivity contribution in [3.05, 3.63) is 65.7 Å². The molecule has 0 saturated heterocycles. The Kier molecular flexibility index (Phi) is 4.87. The van der Waals surface area contributed by atoms with Crippen molar-refractivity contribution in [1.82, 2.24) is 9.78 Å². The van der Waals surface area contributed by atoms with Gasteiger partial charge in [0.1, 0.15) is 5.03 Å². The molecule has 1 N–H and O–H groups in total. The van der Waals surface area contributed by atoms with Crippen LogP contribution in [0.3, 0.4) is 0 Å². The minimum Gasteiger partial charge on any atom is -0.391 e. The van der Waals surface area contributed by atoms with Crippen molar-refractivity contribution >= 4 is 11.8 Å². The Hall–Kier alpha value is -2.25. The first-order valence-corrected chi connectivity index (χ1v) is 8.29. The zero-order chi connectivity index (χ0) is 18.0. The monoisotopic (exact) mass is 364 g/mol. The molecule has 0 bridgehead atoms. The second-order valence-corrected chi connectivity index (χ2v) is 6.47. The lowest BCUT2D eigenvalue weighted by molar-refractivity contribution is -0.137. The van der Waals surface area contributed by atoms with Crippen LogP contribution in [0.5, 0.6) is 0 Å². The lowest BCUT2D eigenvalue weighted by Crippen LogP contribution is -2.04. The zero-order valence-electron chi connectivity index (χ0n) is 13.3. The van der Waals surface area contributed by atoms with Crippen LogP contribution in [0.15, 0.2) is 64.5 Å². The smallest absolute Gasteiger partial charge is 0.391 e. The summed E-state index contributed by atoms with van der Waals surface area (Å²) in [6.45, 7) is -0.251. The first kappa shape index (κ1) is 17.6. The molecule has 0 aliphatic heterocycles. The fourth-order valence-electron chi connectivity index (χ4n) is 2.50. The normalized spacial score (nSPS) is 11.7. The van der Waals surface area contributed by atoms with Gasteiger partial charge in [-0.2, -0.15) is 18.3 Å². The molecule has 7 heteroatoms. The number of hydrogen-bond donors (Lipinski definition) is 1. The van der Waals surface area contributed by atoms with Gasteiger partial charge >= 0.3 is 6.18 Å². The molecule has 3 aromatic rings. The Morgan fingerprint density at radius 2 is 1.80 bits per heavy atom. The number of alkyl halides is 3. The highest BCUT2D eigenvalue weighted by Crippen LogP contribution is 2.38. The van der Waals surface area contributed by atoms with Crippen molar-refractivity contribution in [2.45, 2.75) is 22.7 Å². The highest BCUT2D eigenvalue weighted by atomic mass is 32.2. The summed E-state index contributed by atoms with van der Waals surface area (Å²) in [5, 5.41) is 14.8. The van der Waals surface area contributed by atoms with Crippen LogP contribution in [0.2, 0.25) is 0 Å². The average Bonchev–Trinajstić information content (AvgIpc) is 2.91. The molecule has 0 fully saturated rings. The lowest BCUT2D eigenvalue weighted by atomic mass is 10.1. The van der Waals surface area contributed by atoms with Gasteiger partial charge in [0.2, 0.25) is 0 Å². The van der Waals surface area contributed by atoms with Crippen LogP contribution in [-0.2, 0) is 19.8 Å². The molecule has 3 nitrogen and oxygen atoms in total. The van der Waals surface area contributed by atoms with Gasteiger partial charge in [-0.1, -0.05) is 48.2 Å². The maximum atomic E-state index is 12.9. The summed E-state index contributed by atoms with van der Waals surface area (Å²) >= 11 is 1.15. The molecular formula is C18H15F3N2OS. The average molecular weight is 364 g/mol. The minimum atomic E-state index is -4.39. The van der Waals surface area contributed by atoms with E-state index in [4.69, 9.17) is 0 Å². The standard InChI is InChI=1S/C18H15F3N2OS/c1-23-17(25-14-9-5-8-13(10-14)18(19,20)21)15(11-24)16(22-23)12-6-3-2-4-7-12/h2-10,24H,11H2,1H3. The highest BCUT2D eigenvalue weighted by molar-refractivity contribution is 7.99. The fourth-order valence-corrected chi connectivity index (χ4v) is 3.51. The van der Waals surface area contributed by atoms with E-state index in [0.29, 0.717) is 21.2 Å². The summed E-state index contributed by atoms with van der Waals surface area (Å²) in [7, 11) is 1.71. The summed E-state index contributed by atoms with van der Waals surface area (Å²) in [5.74, 6) is 0. The van der Waals surface area contributed by atoms with Crippen molar-refractivity contribution in [2.75, 3.05) is 0 Å².